The van der Waals surface area contributed by atoms with Gasteiger partial charge in [0.2, 0.25) is 5.91 Å². The number of carbonyl (C=O) groups is 1. The fraction of sp³-hybridized carbons (Fsp3) is 0.917. The van der Waals surface area contributed by atoms with E-state index in [2.05, 4.69) is 10.6 Å². The molecule has 4 aliphatic rings. The van der Waals surface area contributed by atoms with Crippen LogP contribution in [0.25, 0.3) is 0 Å². The number of rotatable bonds is 3. The van der Waals surface area contributed by atoms with E-state index in [1.807, 2.05) is 0 Å². The summed E-state index contributed by atoms with van der Waals surface area (Å²) in [5.74, 6) is 3.96. The van der Waals surface area contributed by atoms with E-state index in [9.17, 15) is 4.79 Å². The van der Waals surface area contributed by atoms with Gasteiger partial charge in [0.1, 0.15) is 0 Å². The standard InChI is InChI=1S/C12H18N2O/c15-12(8-3-7(8)6-1-2-6)14-11-9-4-13-5-10(9)11/h6-11,13H,1-5H2,(H,14,15). The Morgan fingerprint density at radius 3 is 2.53 bits per heavy atom. The van der Waals surface area contributed by atoms with E-state index >= 15 is 0 Å². The van der Waals surface area contributed by atoms with Crippen LogP contribution in [0.4, 0.5) is 0 Å². The van der Waals surface area contributed by atoms with Crippen LogP contribution < -0.4 is 10.6 Å². The molecule has 4 unspecified atom stereocenters. The van der Waals surface area contributed by atoms with Gasteiger partial charge in [0.25, 0.3) is 0 Å². The Bertz CT molecular complexity index is 303. The first kappa shape index (κ1) is 8.57. The summed E-state index contributed by atoms with van der Waals surface area (Å²) in [4.78, 5) is 11.9. The highest BCUT2D eigenvalue weighted by atomic mass is 16.2. The normalized spacial score (nSPS) is 51.1. The van der Waals surface area contributed by atoms with Gasteiger partial charge in [-0.25, -0.2) is 0 Å². The molecule has 3 aliphatic carbocycles. The molecule has 82 valence electrons. The van der Waals surface area contributed by atoms with Crippen molar-refractivity contribution >= 4 is 5.91 Å². The van der Waals surface area contributed by atoms with Crippen LogP contribution >= 0.6 is 0 Å². The second kappa shape index (κ2) is 2.76. The Balaban J connectivity index is 1.30. The van der Waals surface area contributed by atoms with Gasteiger partial charge in [0.15, 0.2) is 0 Å². The van der Waals surface area contributed by atoms with Crippen LogP contribution in [0, 0.1) is 29.6 Å². The fourth-order valence-corrected chi connectivity index (χ4v) is 3.47. The average molecular weight is 206 g/mol. The van der Waals surface area contributed by atoms with Gasteiger partial charge in [-0.15, -0.1) is 0 Å². The van der Waals surface area contributed by atoms with E-state index in [0.717, 1.165) is 36.8 Å². The van der Waals surface area contributed by atoms with Crippen molar-refractivity contribution in [1.29, 1.82) is 0 Å². The van der Waals surface area contributed by atoms with Gasteiger partial charge < -0.3 is 10.6 Å². The van der Waals surface area contributed by atoms with Gasteiger partial charge >= 0.3 is 0 Å². The molecule has 0 radical (unpaired) electrons. The minimum atomic E-state index is 0.367. The summed E-state index contributed by atoms with van der Waals surface area (Å²) in [5.41, 5.74) is 0. The maximum atomic E-state index is 11.9. The summed E-state index contributed by atoms with van der Waals surface area (Å²) in [6, 6.07) is 0.527. The van der Waals surface area contributed by atoms with E-state index in [1.165, 1.54) is 19.3 Å². The van der Waals surface area contributed by atoms with E-state index in [1.54, 1.807) is 0 Å². The number of amides is 1. The first-order valence-electron chi connectivity index (χ1n) is 6.35. The Hall–Kier alpha value is -0.570. The molecule has 4 atom stereocenters. The summed E-state index contributed by atoms with van der Waals surface area (Å²) in [6.45, 7) is 2.23. The highest BCUT2D eigenvalue weighted by Gasteiger charge is 2.56. The van der Waals surface area contributed by atoms with Gasteiger partial charge in [0.05, 0.1) is 0 Å². The quantitative estimate of drug-likeness (QED) is 0.700. The van der Waals surface area contributed by atoms with Crippen molar-refractivity contribution in [3.63, 3.8) is 0 Å². The molecule has 3 heteroatoms. The molecule has 1 amide bonds. The SMILES string of the molecule is O=C(NC1C2CNCC21)C1CC1C1CC1. The predicted molar refractivity (Wildman–Crippen MR) is 56.1 cm³/mol. The van der Waals surface area contributed by atoms with Gasteiger partial charge in [-0.1, -0.05) is 0 Å². The zero-order valence-electron chi connectivity index (χ0n) is 8.91. The molecule has 0 spiro atoms. The van der Waals surface area contributed by atoms with E-state index in [4.69, 9.17) is 0 Å². The number of fused-ring (bicyclic) bond motifs is 1. The zero-order chi connectivity index (χ0) is 9.99. The molecule has 3 nitrogen and oxygen atoms in total. The summed E-state index contributed by atoms with van der Waals surface area (Å²) in [7, 11) is 0. The summed E-state index contributed by atoms with van der Waals surface area (Å²) in [6.07, 6.45) is 3.94. The third-order valence-electron chi connectivity index (χ3n) is 4.80. The topological polar surface area (TPSA) is 41.1 Å². The molecule has 4 rings (SSSR count). The van der Waals surface area contributed by atoms with Crippen LogP contribution in [-0.2, 0) is 4.79 Å². The van der Waals surface area contributed by atoms with Gasteiger partial charge in [-0.05, 0) is 42.9 Å². The van der Waals surface area contributed by atoms with Gasteiger partial charge in [0, 0.05) is 25.0 Å². The fourth-order valence-electron chi connectivity index (χ4n) is 3.47. The van der Waals surface area contributed by atoms with Crippen molar-refractivity contribution in [1.82, 2.24) is 10.6 Å². The highest BCUT2D eigenvalue weighted by Crippen LogP contribution is 2.54. The molecule has 1 saturated heterocycles. The summed E-state index contributed by atoms with van der Waals surface area (Å²) < 4.78 is 0. The smallest absolute Gasteiger partial charge is 0.223 e. The Morgan fingerprint density at radius 1 is 1.13 bits per heavy atom. The maximum absolute atomic E-state index is 11.9. The molecule has 1 heterocycles. The molecule has 2 N–H and O–H groups in total. The first-order chi connectivity index (χ1) is 7.34. The largest absolute Gasteiger partial charge is 0.352 e. The third-order valence-corrected chi connectivity index (χ3v) is 4.80. The van der Waals surface area contributed by atoms with Crippen LogP contribution in [0.5, 0.6) is 0 Å². The molecular formula is C12H18N2O. The third kappa shape index (κ3) is 1.32. The lowest BCUT2D eigenvalue weighted by Crippen LogP contribution is -2.33. The lowest BCUT2D eigenvalue weighted by atomic mass is 10.2. The molecule has 3 saturated carbocycles. The zero-order valence-corrected chi connectivity index (χ0v) is 8.91. The minimum absolute atomic E-state index is 0.367. The molecule has 1 aliphatic heterocycles. The van der Waals surface area contributed by atoms with E-state index in [0.29, 0.717) is 17.9 Å². The Morgan fingerprint density at radius 2 is 1.87 bits per heavy atom. The molecule has 0 aromatic rings. The minimum Gasteiger partial charge on any atom is -0.352 e. The van der Waals surface area contributed by atoms with Crippen molar-refractivity contribution in [3.05, 3.63) is 0 Å². The van der Waals surface area contributed by atoms with Crippen molar-refractivity contribution in [2.24, 2.45) is 29.6 Å². The number of carbonyl (C=O) groups excluding carboxylic acids is 1. The van der Waals surface area contributed by atoms with Crippen LogP contribution in [0.1, 0.15) is 19.3 Å². The summed E-state index contributed by atoms with van der Waals surface area (Å²) in [5, 5.41) is 6.61. The van der Waals surface area contributed by atoms with Crippen LogP contribution in [-0.4, -0.2) is 25.0 Å². The number of hydrogen-bond acceptors (Lipinski definition) is 2. The number of hydrogen-bond donors (Lipinski definition) is 2. The lowest BCUT2D eigenvalue weighted by molar-refractivity contribution is -0.123. The monoisotopic (exact) mass is 206 g/mol. The maximum Gasteiger partial charge on any atom is 0.223 e. The lowest BCUT2D eigenvalue weighted by Gasteiger charge is -2.07. The van der Waals surface area contributed by atoms with Crippen LogP contribution in [0.2, 0.25) is 0 Å². The molecule has 0 aromatic heterocycles. The number of piperidine rings is 1. The van der Waals surface area contributed by atoms with Crippen LogP contribution in [0.15, 0.2) is 0 Å². The molecule has 0 bridgehead atoms. The van der Waals surface area contributed by atoms with E-state index < -0.39 is 0 Å². The number of nitrogens with one attached hydrogen (secondary N) is 2. The van der Waals surface area contributed by atoms with Crippen LogP contribution in [0.3, 0.4) is 0 Å². The van der Waals surface area contributed by atoms with Gasteiger partial charge in [-0.2, -0.15) is 0 Å². The average Bonchev–Trinajstić information content (AvgIpc) is 3.07. The predicted octanol–water partition coefficient (Wildman–Crippen LogP) is 0.366. The van der Waals surface area contributed by atoms with Crippen molar-refractivity contribution in [2.45, 2.75) is 25.3 Å². The highest BCUT2D eigenvalue weighted by molar-refractivity contribution is 5.82. The second-order valence-corrected chi connectivity index (χ2v) is 5.86. The Labute approximate surface area is 90.0 Å². The van der Waals surface area contributed by atoms with Gasteiger partial charge in [-0.3, -0.25) is 4.79 Å². The molecule has 0 aromatic carbocycles. The van der Waals surface area contributed by atoms with E-state index in [-0.39, 0.29) is 0 Å². The van der Waals surface area contributed by atoms with Crippen molar-refractivity contribution in [2.75, 3.05) is 13.1 Å². The van der Waals surface area contributed by atoms with Crippen molar-refractivity contribution in [3.8, 4) is 0 Å². The first-order valence-corrected chi connectivity index (χ1v) is 6.35. The summed E-state index contributed by atoms with van der Waals surface area (Å²) >= 11 is 0. The molecular weight excluding hydrogens is 188 g/mol. The molecule has 4 fully saturated rings. The van der Waals surface area contributed by atoms with Crippen molar-refractivity contribution < 1.29 is 4.79 Å². The molecule has 15 heavy (non-hydrogen) atoms. The second-order valence-electron chi connectivity index (χ2n) is 5.86. The Kier molecular flexibility index (Phi) is 1.58.